The SMILES string of the molecule is NNC(C1=CCCCO1)c1cccc2nccnc12. The molecule has 0 radical (unpaired) electrons. The minimum absolute atomic E-state index is 0.180. The van der Waals surface area contributed by atoms with Gasteiger partial charge in [0.05, 0.1) is 17.6 Å². The normalized spacial score (nSPS) is 16.8. The maximum atomic E-state index is 5.71. The van der Waals surface area contributed by atoms with E-state index >= 15 is 0 Å². The quantitative estimate of drug-likeness (QED) is 0.647. The van der Waals surface area contributed by atoms with Gasteiger partial charge in [0.25, 0.3) is 0 Å². The topological polar surface area (TPSA) is 73.1 Å². The maximum Gasteiger partial charge on any atom is 0.115 e. The molecule has 1 atom stereocenters. The number of para-hydroxylation sites is 1. The highest BCUT2D eigenvalue weighted by atomic mass is 16.5. The second-order valence-corrected chi connectivity index (χ2v) is 4.47. The van der Waals surface area contributed by atoms with Crippen LogP contribution >= 0.6 is 0 Å². The van der Waals surface area contributed by atoms with Crippen LogP contribution in [0.4, 0.5) is 0 Å². The molecule has 2 aromatic rings. The van der Waals surface area contributed by atoms with Crippen molar-refractivity contribution >= 4 is 11.0 Å². The van der Waals surface area contributed by atoms with Gasteiger partial charge in [-0.1, -0.05) is 12.1 Å². The highest BCUT2D eigenvalue weighted by molar-refractivity contribution is 5.78. The average molecular weight is 256 g/mol. The largest absolute Gasteiger partial charge is 0.496 e. The van der Waals surface area contributed by atoms with Crippen molar-refractivity contribution in [3.8, 4) is 0 Å². The molecule has 1 aliphatic heterocycles. The van der Waals surface area contributed by atoms with Gasteiger partial charge in [-0.15, -0.1) is 0 Å². The Morgan fingerprint density at radius 2 is 2.16 bits per heavy atom. The molecule has 19 heavy (non-hydrogen) atoms. The number of nitrogens with two attached hydrogens (primary N) is 1. The van der Waals surface area contributed by atoms with Crippen LogP contribution in [0.2, 0.25) is 0 Å². The summed E-state index contributed by atoms with van der Waals surface area (Å²) in [5, 5.41) is 0. The Balaban J connectivity index is 2.08. The fraction of sp³-hybridized carbons (Fsp3) is 0.286. The first-order valence-corrected chi connectivity index (χ1v) is 6.39. The lowest BCUT2D eigenvalue weighted by Gasteiger charge is -2.24. The molecule has 0 saturated carbocycles. The third-order valence-corrected chi connectivity index (χ3v) is 3.25. The van der Waals surface area contributed by atoms with Gasteiger partial charge >= 0.3 is 0 Å². The first-order valence-electron chi connectivity index (χ1n) is 6.39. The van der Waals surface area contributed by atoms with Gasteiger partial charge in [0.1, 0.15) is 11.8 Å². The number of fused-ring (bicyclic) bond motifs is 1. The molecule has 2 heterocycles. The van der Waals surface area contributed by atoms with Gasteiger partial charge in [0, 0.05) is 18.0 Å². The molecule has 1 aromatic heterocycles. The van der Waals surface area contributed by atoms with Crippen molar-refractivity contribution in [2.45, 2.75) is 18.9 Å². The molecule has 3 rings (SSSR count). The van der Waals surface area contributed by atoms with Crippen LogP contribution in [-0.4, -0.2) is 16.6 Å². The smallest absolute Gasteiger partial charge is 0.115 e. The monoisotopic (exact) mass is 256 g/mol. The molecule has 1 aromatic carbocycles. The van der Waals surface area contributed by atoms with Crippen LogP contribution in [0.5, 0.6) is 0 Å². The summed E-state index contributed by atoms with van der Waals surface area (Å²) in [5.41, 5.74) is 5.51. The second kappa shape index (κ2) is 5.34. The van der Waals surface area contributed by atoms with E-state index in [0.29, 0.717) is 0 Å². The van der Waals surface area contributed by atoms with E-state index in [2.05, 4.69) is 21.5 Å². The number of nitrogens with zero attached hydrogens (tertiary/aromatic N) is 2. The van der Waals surface area contributed by atoms with Crippen molar-refractivity contribution in [2.24, 2.45) is 5.84 Å². The van der Waals surface area contributed by atoms with E-state index in [1.165, 1.54) is 0 Å². The Hall–Kier alpha value is -1.98. The number of allylic oxidation sites excluding steroid dienone is 1. The number of rotatable bonds is 3. The summed E-state index contributed by atoms with van der Waals surface area (Å²) >= 11 is 0. The zero-order valence-electron chi connectivity index (χ0n) is 10.5. The molecule has 0 saturated heterocycles. The third-order valence-electron chi connectivity index (χ3n) is 3.25. The number of aromatic nitrogens is 2. The van der Waals surface area contributed by atoms with Gasteiger partial charge in [-0.05, 0) is 25.0 Å². The van der Waals surface area contributed by atoms with Crippen LogP contribution in [0.15, 0.2) is 42.4 Å². The van der Waals surface area contributed by atoms with Crippen LogP contribution in [0, 0.1) is 0 Å². The van der Waals surface area contributed by atoms with Crippen molar-refractivity contribution in [3.63, 3.8) is 0 Å². The van der Waals surface area contributed by atoms with Gasteiger partial charge in [-0.2, -0.15) is 0 Å². The first kappa shape index (κ1) is 12.1. The van der Waals surface area contributed by atoms with E-state index in [-0.39, 0.29) is 6.04 Å². The molecule has 5 nitrogen and oxygen atoms in total. The fourth-order valence-electron chi connectivity index (χ4n) is 2.35. The summed E-state index contributed by atoms with van der Waals surface area (Å²) in [7, 11) is 0. The third kappa shape index (κ3) is 2.30. The van der Waals surface area contributed by atoms with E-state index < -0.39 is 0 Å². The van der Waals surface area contributed by atoms with Gasteiger partial charge < -0.3 is 4.74 Å². The number of ether oxygens (including phenoxy) is 1. The van der Waals surface area contributed by atoms with Crippen molar-refractivity contribution < 1.29 is 4.74 Å². The van der Waals surface area contributed by atoms with Crippen molar-refractivity contribution in [1.82, 2.24) is 15.4 Å². The van der Waals surface area contributed by atoms with E-state index in [0.717, 1.165) is 41.8 Å². The molecule has 1 unspecified atom stereocenters. The summed E-state index contributed by atoms with van der Waals surface area (Å²) in [5.74, 6) is 6.58. The zero-order chi connectivity index (χ0) is 13.1. The Morgan fingerprint density at radius 1 is 1.26 bits per heavy atom. The standard InChI is InChI=1S/C14H16N4O/c15-18-14(12-6-1-2-9-19-12)10-4-3-5-11-13(10)17-8-7-16-11/h3-8,14,18H,1-2,9,15H2. The molecule has 0 fully saturated rings. The maximum absolute atomic E-state index is 5.71. The highest BCUT2D eigenvalue weighted by Crippen LogP contribution is 2.29. The molecule has 3 N–H and O–H groups in total. The van der Waals surface area contributed by atoms with E-state index in [1.54, 1.807) is 12.4 Å². The number of hydrogen-bond acceptors (Lipinski definition) is 5. The predicted molar refractivity (Wildman–Crippen MR) is 72.9 cm³/mol. The fourth-order valence-corrected chi connectivity index (χ4v) is 2.35. The molecule has 0 amide bonds. The lowest BCUT2D eigenvalue weighted by atomic mass is 10.0. The van der Waals surface area contributed by atoms with Crippen molar-refractivity contribution in [1.29, 1.82) is 0 Å². The number of nitrogens with one attached hydrogen (secondary N) is 1. The van der Waals surface area contributed by atoms with Crippen LogP contribution in [0.1, 0.15) is 24.4 Å². The molecule has 5 heteroatoms. The second-order valence-electron chi connectivity index (χ2n) is 4.47. The number of hydrazine groups is 1. The molecule has 0 aliphatic carbocycles. The van der Waals surface area contributed by atoms with Gasteiger partial charge in [0.15, 0.2) is 0 Å². The van der Waals surface area contributed by atoms with Crippen LogP contribution < -0.4 is 11.3 Å². The van der Waals surface area contributed by atoms with Gasteiger partial charge in [0.2, 0.25) is 0 Å². The molecule has 0 spiro atoms. The van der Waals surface area contributed by atoms with Crippen molar-refractivity contribution in [3.05, 3.63) is 48.0 Å². The molecular formula is C14H16N4O. The minimum atomic E-state index is -0.180. The minimum Gasteiger partial charge on any atom is -0.496 e. The first-order chi connectivity index (χ1) is 9.40. The Kier molecular flexibility index (Phi) is 3.39. The Bertz CT molecular complexity index is 606. The molecular weight excluding hydrogens is 240 g/mol. The van der Waals surface area contributed by atoms with Crippen LogP contribution in [0.3, 0.4) is 0 Å². The molecule has 98 valence electrons. The van der Waals surface area contributed by atoms with Gasteiger partial charge in [-0.25, -0.2) is 5.43 Å². The van der Waals surface area contributed by atoms with Crippen LogP contribution in [0.25, 0.3) is 11.0 Å². The predicted octanol–water partition coefficient (Wildman–Crippen LogP) is 1.83. The highest BCUT2D eigenvalue weighted by Gasteiger charge is 2.21. The Morgan fingerprint density at radius 3 is 2.95 bits per heavy atom. The molecule has 1 aliphatic rings. The summed E-state index contributed by atoms with van der Waals surface area (Å²) < 4.78 is 5.70. The van der Waals surface area contributed by atoms with Crippen molar-refractivity contribution in [2.75, 3.05) is 6.61 Å². The van der Waals surface area contributed by atoms with E-state index in [4.69, 9.17) is 10.6 Å². The summed E-state index contributed by atoms with van der Waals surface area (Å²) in [6.45, 7) is 0.737. The summed E-state index contributed by atoms with van der Waals surface area (Å²) in [4.78, 5) is 8.72. The lowest BCUT2D eigenvalue weighted by molar-refractivity contribution is 0.168. The zero-order valence-corrected chi connectivity index (χ0v) is 10.5. The Labute approximate surface area is 111 Å². The lowest BCUT2D eigenvalue weighted by Crippen LogP contribution is -2.31. The van der Waals surface area contributed by atoms with Crippen LogP contribution in [-0.2, 0) is 4.74 Å². The average Bonchev–Trinajstić information content (AvgIpc) is 2.49. The van der Waals surface area contributed by atoms with E-state index in [1.807, 2.05) is 18.2 Å². The number of hydrogen-bond donors (Lipinski definition) is 2. The molecule has 0 bridgehead atoms. The van der Waals surface area contributed by atoms with Gasteiger partial charge in [-0.3, -0.25) is 15.8 Å². The summed E-state index contributed by atoms with van der Waals surface area (Å²) in [6.07, 6.45) is 7.53. The number of benzene rings is 1. The summed E-state index contributed by atoms with van der Waals surface area (Å²) in [6, 6.07) is 5.72. The van der Waals surface area contributed by atoms with E-state index in [9.17, 15) is 0 Å².